The molecule has 148 valence electrons. The standard InChI is InChI=1S/C20H24N4O4/c1-27-9-5-8-24-12-14(10-19(24)25)20(26)23-18-11-16(21-13-22-18)15-6-3-4-7-17(15)28-2/h3-4,6-7,11,13-14H,5,8-10,12H2,1-2H3,(H,21,22,23,26). The van der Waals surface area contributed by atoms with Crippen LogP contribution in [-0.4, -0.2) is 60.6 Å². The highest BCUT2D eigenvalue weighted by molar-refractivity contribution is 5.96. The molecule has 0 spiro atoms. The van der Waals surface area contributed by atoms with Crippen LogP contribution >= 0.6 is 0 Å². The smallest absolute Gasteiger partial charge is 0.230 e. The number of carbonyl (C=O) groups is 2. The molecule has 1 aliphatic rings. The zero-order valence-electron chi connectivity index (χ0n) is 16.1. The first-order valence-corrected chi connectivity index (χ1v) is 9.15. The van der Waals surface area contributed by atoms with E-state index in [0.29, 0.717) is 37.0 Å². The summed E-state index contributed by atoms with van der Waals surface area (Å²) in [4.78, 5) is 34.8. The van der Waals surface area contributed by atoms with E-state index < -0.39 is 0 Å². The summed E-state index contributed by atoms with van der Waals surface area (Å²) in [5.74, 6) is 0.471. The molecule has 8 nitrogen and oxygen atoms in total. The highest BCUT2D eigenvalue weighted by Gasteiger charge is 2.34. The Labute approximate surface area is 163 Å². The highest BCUT2D eigenvalue weighted by Crippen LogP contribution is 2.29. The van der Waals surface area contributed by atoms with Crippen molar-refractivity contribution >= 4 is 17.6 Å². The number of rotatable bonds is 8. The van der Waals surface area contributed by atoms with E-state index in [1.54, 1.807) is 25.2 Å². The highest BCUT2D eigenvalue weighted by atomic mass is 16.5. The van der Waals surface area contributed by atoms with Crippen LogP contribution in [0.15, 0.2) is 36.7 Å². The molecular formula is C20H24N4O4. The molecule has 1 aliphatic heterocycles. The van der Waals surface area contributed by atoms with Crippen molar-refractivity contribution in [2.45, 2.75) is 12.8 Å². The Balaban J connectivity index is 1.66. The van der Waals surface area contributed by atoms with Gasteiger partial charge in [0.2, 0.25) is 11.8 Å². The van der Waals surface area contributed by atoms with Gasteiger partial charge in [0.1, 0.15) is 17.9 Å². The van der Waals surface area contributed by atoms with Crippen LogP contribution in [0.4, 0.5) is 5.82 Å². The van der Waals surface area contributed by atoms with Crippen molar-refractivity contribution in [3.05, 3.63) is 36.7 Å². The predicted octanol–water partition coefficient (Wildman–Crippen LogP) is 1.98. The third-order valence-electron chi connectivity index (χ3n) is 4.66. The van der Waals surface area contributed by atoms with Crippen molar-refractivity contribution in [1.29, 1.82) is 0 Å². The summed E-state index contributed by atoms with van der Waals surface area (Å²) in [6, 6.07) is 9.20. The second-order valence-corrected chi connectivity index (χ2v) is 6.57. The molecule has 1 atom stereocenters. The molecule has 1 aromatic carbocycles. The third kappa shape index (κ3) is 4.64. The number of hydrogen-bond donors (Lipinski definition) is 1. The van der Waals surface area contributed by atoms with E-state index in [0.717, 1.165) is 12.0 Å². The molecule has 8 heteroatoms. The van der Waals surface area contributed by atoms with Gasteiger partial charge in [-0.3, -0.25) is 9.59 Å². The number of anilines is 1. The number of benzene rings is 1. The molecule has 1 fully saturated rings. The molecule has 0 aliphatic carbocycles. The first-order chi connectivity index (χ1) is 13.6. The Morgan fingerprint density at radius 1 is 1.29 bits per heavy atom. The Morgan fingerprint density at radius 2 is 2.11 bits per heavy atom. The number of ether oxygens (including phenoxy) is 2. The SMILES string of the molecule is COCCCN1CC(C(=O)Nc2cc(-c3ccccc3OC)ncn2)CC1=O. The number of carbonyl (C=O) groups excluding carboxylic acids is 2. The Bertz CT molecular complexity index is 842. The molecule has 2 amide bonds. The molecule has 2 aromatic rings. The number of likely N-dealkylation sites (tertiary alicyclic amines) is 1. The monoisotopic (exact) mass is 384 g/mol. The average Bonchev–Trinajstić information content (AvgIpc) is 3.09. The minimum Gasteiger partial charge on any atom is -0.496 e. The van der Waals surface area contributed by atoms with Gasteiger partial charge >= 0.3 is 0 Å². The zero-order chi connectivity index (χ0) is 19.9. The van der Waals surface area contributed by atoms with Crippen LogP contribution < -0.4 is 10.1 Å². The van der Waals surface area contributed by atoms with Gasteiger partial charge in [-0.25, -0.2) is 9.97 Å². The molecule has 28 heavy (non-hydrogen) atoms. The lowest BCUT2D eigenvalue weighted by Gasteiger charge is -2.16. The van der Waals surface area contributed by atoms with Gasteiger partial charge < -0.3 is 19.7 Å². The average molecular weight is 384 g/mol. The molecule has 1 N–H and O–H groups in total. The number of methoxy groups -OCH3 is 2. The third-order valence-corrected chi connectivity index (χ3v) is 4.66. The fourth-order valence-electron chi connectivity index (χ4n) is 3.22. The quantitative estimate of drug-likeness (QED) is 0.700. The van der Waals surface area contributed by atoms with E-state index in [4.69, 9.17) is 9.47 Å². The van der Waals surface area contributed by atoms with E-state index in [2.05, 4.69) is 15.3 Å². The maximum absolute atomic E-state index is 12.6. The van der Waals surface area contributed by atoms with Crippen LogP contribution in [0.3, 0.4) is 0 Å². The molecule has 0 bridgehead atoms. The topological polar surface area (TPSA) is 93.7 Å². The Hall–Kier alpha value is -3.00. The van der Waals surface area contributed by atoms with Crippen LogP contribution in [0.1, 0.15) is 12.8 Å². The van der Waals surface area contributed by atoms with E-state index in [9.17, 15) is 9.59 Å². The number of hydrogen-bond acceptors (Lipinski definition) is 6. The second kappa shape index (κ2) is 9.27. The van der Waals surface area contributed by atoms with Crippen molar-refractivity contribution in [3.8, 4) is 17.0 Å². The predicted molar refractivity (Wildman–Crippen MR) is 104 cm³/mol. The molecule has 1 unspecified atom stereocenters. The lowest BCUT2D eigenvalue weighted by molar-refractivity contribution is -0.128. The van der Waals surface area contributed by atoms with Gasteiger partial charge in [-0.05, 0) is 18.6 Å². The minimum absolute atomic E-state index is 0.00588. The molecular weight excluding hydrogens is 360 g/mol. The fourth-order valence-corrected chi connectivity index (χ4v) is 3.22. The van der Waals surface area contributed by atoms with Crippen LogP contribution in [0, 0.1) is 5.92 Å². The van der Waals surface area contributed by atoms with E-state index in [-0.39, 0.29) is 24.2 Å². The van der Waals surface area contributed by atoms with E-state index in [1.807, 2.05) is 24.3 Å². The van der Waals surface area contributed by atoms with Gasteiger partial charge in [0.25, 0.3) is 0 Å². The molecule has 3 rings (SSSR count). The second-order valence-electron chi connectivity index (χ2n) is 6.57. The zero-order valence-corrected chi connectivity index (χ0v) is 16.1. The largest absolute Gasteiger partial charge is 0.496 e. The summed E-state index contributed by atoms with van der Waals surface area (Å²) < 4.78 is 10.4. The van der Waals surface area contributed by atoms with Gasteiger partial charge in [-0.2, -0.15) is 0 Å². The van der Waals surface area contributed by atoms with E-state index in [1.165, 1.54) is 6.33 Å². The van der Waals surface area contributed by atoms with Crippen molar-refractivity contribution < 1.29 is 19.1 Å². The summed E-state index contributed by atoms with van der Waals surface area (Å²) in [6.45, 7) is 1.61. The van der Waals surface area contributed by atoms with Gasteiger partial charge in [0, 0.05) is 44.9 Å². The summed E-state index contributed by atoms with van der Waals surface area (Å²) in [6.07, 6.45) is 2.36. The number of amides is 2. The normalized spacial score (nSPS) is 16.3. The first-order valence-electron chi connectivity index (χ1n) is 9.15. The summed E-state index contributed by atoms with van der Waals surface area (Å²) >= 11 is 0. The van der Waals surface area contributed by atoms with Crippen molar-refractivity contribution in [3.63, 3.8) is 0 Å². The first kappa shape index (κ1) is 19.8. The minimum atomic E-state index is -0.389. The fraction of sp³-hybridized carbons (Fsp3) is 0.400. The molecule has 0 radical (unpaired) electrons. The lowest BCUT2D eigenvalue weighted by atomic mass is 10.1. The van der Waals surface area contributed by atoms with E-state index >= 15 is 0 Å². The van der Waals surface area contributed by atoms with Gasteiger partial charge in [0.05, 0.1) is 18.7 Å². The van der Waals surface area contributed by atoms with Gasteiger partial charge in [-0.1, -0.05) is 12.1 Å². The maximum Gasteiger partial charge on any atom is 0.230 e. The number of aromatic nitrogens is 2. The number of nitrogens with one attached hydrogen (secondary N) is 1. The number of para-hydroxylation sites is 1. The van der Waals surface area contributed by atoms with Crippen LogP contribution in [0.25, 0.3) is 11.3 Å². The maximum atomic E-state index is 12.6. The molecule has 2 heterocycles. The Morgan fingerprint density at radius 3 is 2.89 bits per heavy atom. The van der Waals surface area contributed by atoms with Crippen molar-refractivity contribution in [1.82, 2.24) is 14.9 Å². The summed E-state index contributed by atoms with van der Waals surface area (Å²) in [5.41, 5.74) is 1.45. The van der Waals surface area contributed by atoms with Crippen LogP contribution in [0.5, 0.6) is 5.75 Å². The van der Waals surface area contributed by atoms with Crippen molar-refractivity contribution in [2.75, 3.05) is 39.2 Å². The van der Waals surface area contributed by atoms with Gasteiger partial charge in [-0.15, -0.1) is 0 Å². The van der Waals surface area contributed by atoms with Gasteiger partial charge in [0.15, 0.2) is 0 Å². The number of nitrogens with zero attached hydrogens (tertiary/aromatic N) is 3. The van der Waals surface area contributed by atoms with Crippen molar-refractivity contribution in [2.24, 2.45) is 5.92 Å². The summed E-state index contributed by atoms with van der Waals surface area (Å²) in [7, 11) is 3.22. The molecule has 1 saturated heterocycles. The summed E-state index contributed by atoms with van der Waals surface area (Å²) in [5, 5.41) is 2.81. The Kier molecular flexibility index (Phi) is 6.54. The molecule has 0 saturated carbocycles. The molecule has 1 aromatic heterocycles. The van der Waals surface area contributed by atoms with Crippen LogP contribution in [-0.2, 0) is 14.3 Å². The lowest BCUT2D eigenvalue weighted by Crippen LogP contribution is -2.29. The van der Waals surface area contributed by atoms with Crippen LogP contribution in [0.2, 0.25) is 0 Å².